The first kappa shape index (κ1) is 14.1. The summed E-state index contributed by atoms with van der Waals surface area (Å²) in [6.07, 6.45) is 0. The number of rotatable bonds is 5. The highest BCUT2D eigenvalue weighted by atomic mass is 32.1. The number of nitrogens with one attached hydrogen (secondary N) is 1. The molecular weight excluding hydrogens is 256 g/mol. The molecule has 0 amide bonds. The molecule has 19 heavy (non-hydrogen) atoms. The number of aryl methyl sites for hydroxylation is 2. The summed E-state index contributed by atoms with van der Waals surface area (Å²) >= 11 is 1.66. The molecule has 2 aromatic rings. The fraction of sp³-hybridized carbons (Fsp3) is 0.571. The molecule has 0 aromatic carbocycles. The van der Waals surface area contributed by atoms with Crippen molar-refractivity contribution in [3.05, 3.63) is 16.8 Å². The van der Waals surface area contributed by atoms with Crippen LogP contribution in [0.4, 0.5) is 5.13 Å². The van der Waals surface area contributed by atoms with Crippen LogP contribution in [0, 0.1) is 19.8 Å². The maximum Gasteiger partial charge on any atom is 0.183 e. The first-order valence-corrected chi connectivity index (χ1v) is 7.64. The summed E-state index contributed by atoms with van der Waals surface area (Å²) in [6, 6.07) is 0. The van der Waals surface area contributed by atoms with Crippen molar-refractivity contribution >= 4 is 16.5 Å². The number of thiazole rings is 1. The van der Waals surface area contributed by atoms with Gasteiger partial charge in [-0.25, -0.2) is 4.98 Å². The molecule has 2 heterocycles. The third-order valence-electron chi connectivity index (χ3n) is 3.10. The van der Waals surface area contributed by atoms with Gasteiger partial charge >= 0.3 is 0 Å². The van der Waals surface area contributed by atoms with Gasteiger partial charge in [-0.05, 0) is 26.7 Å². The van der Waals surface area contributed by atoms with Crippen molar-refractivity contribution in [3.8, 4) is 11.3 Å². The van der Waals surface area contributed by atoms with Crippen LogP contribution in [-0.2, 0) is 6.54 Å². The first-order valence-electron chi connectivity index (χ1n) is 6.76. The van der Waals surface area contributed by atoms with Crippen LogP contribution in [-0.4, -0.2) is 21.3 Å². The Labute approximate surface area is 118 Å². The molecule has 0 aliphatic rings. The summed E-state index contributed by atoms with van der Waals surface area (Å²) < 4.78 is 2.03. The lowest BCUT2D eigenvalue weighted by Gasteiger charge is -2.04. The summed E-state index contributed by atoms with van der Waals surface area (Å²) in [5.41, 5.74) is 4.46. The maximum atomic E-state index is 4.68. The van der Waals surface area contributed by atoms with Crippen LogP contribution in [0.15, 0.2) is 5.38 Å². The molecule has 1 N–H and O–H groups in total. The van der Waals surface area contributed by atoms with Crippen molar-refractivity contribution < 1.29 is 0 Å². The minimum Gasteiger partial charge on any atom is -0.361 e. The molecule has 0 radical (unpaired) electrons. The smallest absolute Gasteiger partial charge is 0.183 e. The molecular formula is C14H22N4S. The quantitative estimate of drug-likeness (QED) is 0.906. The largest absolute Gasteiger partial charge is 0.361 e. The van der Waals surface area contributed by atoms with Crippen molar-refractivity contribution in [1.29, 1.82) is 0 Å². The van der Waals surface area contributed by atoms with Gasteiger partial charge < -0.3 is 5.32 Å². The van der Waals surface area contributed by atoms with E-state index < -0.39 is 0 Å². The Morgan fingerprint density at radius 1 is 1.37 bits per heavy atom. The highest BCUT2D eigenvalue weighted by Gasteiger charge is 2.15. The summed E-state index contributed by atoms with van der Waals surface area (Å²) in [5, 5.41) is 11.0. The van der Waals surface area contributed by atoms with Gasteiger partial charge in [0.1, 0.15) is 0 Å². The standard InChI is InChI=1S/C14H22N4S/c1-6-18-11(5)13(10(4)17-18)12-8-19-14(16-12)15-7-9(2)3/h8-9H,6-7H2,1-5H3,(H,15,16). The number of aromatic nitrogens is 3. The van der Waals surface area contributed by atoms with Gasteiger partial charge in [0.2, 0.25) is 0 Å². The van der Waals surface area contributed by atoms with E-state index in [1.54, 1.807) is 11.3 Å². The second kappa shape index (κ2) is 5.74. The molecule has 0 saturated heterocycles. The monoisotopic (exact) mass is 278 g/mol. The minimum absolute atomic E-state index is 0.624. The Hall–Kier alpha value is -1.36. The first-order chi connectivity index (χ1) is 9.02. The van der Waals surface area contributed by atoms with Gasteiger partial charge in [-0.3, -0.25) is 4.68 Å². The van der Waals surface area contributed by atoms with Crippen LogP contribution >= 0.6 is 11.3 Å². The summed E-state index contributed by atoms with van der Waals surface area (Å²) in [5.74, 6) is 0.624. The molecule has 2 aromatic heterocycles. The summed E-state index contributed by atoms with van der Waals surface area (Å²) in [6.45, 7) is 12.5. The second-order valence-electron chi connectivity index (χ2n) is 5.17. The SMILES string of the molecule is CCn1nc(C)c(-c2csc(NCC(C)C)n2)c1C. The van der Waals surface area contributed by atoms with Gasteiger partial charge in [-0.1, -0.05) is 13.8 Å². The minimum atomic E-state index is 0.624. The van der Waals surface area contributed by atoms with Gasteiger partial charge in [0, 0.05) is 29.7 Å². The van der Waals surface area contributed by atoms with E-state index >= 15 is 0 Å². The molecule has 0 atom stereocenters. The zero-order valence-electron chi connectivity index (χ0n) is 12.3. The zero-order valence-corrected chi connectivity index (χ0v) is 13.1. The van der Waals surface area contributed by atoms with Crippen LogP contribution < -0.4 is 5.32 Å². The van der Waals surface area contributed by atoms with E-state index in [0.717, 1.165) is 29.6 Å². The number of nitrogens with zero attached hydrogens (tertiary/aromatic N) is 3. The number of hydrogen-bond acceptors (Lipinski definition) is 4. The predicted molar refractivity (Wildman–Crippen MR) is 81.8 cm³/mol. The average molecular weight is 278 g/mol. The topological polar surface area (TPSA) is 42.7 Å². The molecule has 0 fully saturated rings. The Kier molecular flexibility index (Phi) is 4.24. The third-order valence-corrected chi connectivity index (χ3v) is 3.90. The Morgan fingerprint density at radius 2 is 2.11 bits per heavy atom. The third kappa shape index (κ3) is 2.97. The highest BCUT2D eigenvalue weighted by molar-refractivity contribution is 7.14. The van der Waals surface area contributed by atoms with E-state index in [-0.39, 0.29) is 0 Å². The zero-order chi connectivity index (χ0) is 14.0. The van der Waals surface area contributed by atoms with Crippen molar-refractivity contribution in [2.75, 3.05) is 11.9 Å². The molecule has 0 bridgehead atoms. The molecule has 0 unspecified atom stereocenters. The van der Waals surface area contributed by atoms with E-state index in [0.29, 0.717) is 5.92 Å². The molecule has 104 valence electrons. The Balaban J connectivity index is 2.25. The van der Waals surface area contributed by atoms with Gasteiger partial charge in [-0.2, -0.15) is 5.10 Å². The Morgan fingerprint density at radius 3 is 2.68 bits per heavy atom. The fourth-order valence-electron chi connectivity index (χ4n) is 2.14. The lowest BCUT2D eigenvalue weighted by Crippen LogP contribution is -2.07. The normalized spacial score (nSPS) is 11.3. The van der Waals surface area contributed by atoms with Crippen molar-refractivity contribution in [2.45, 2.75) is 41.2 Å². The number of hydrogen-bond donors (Lipinski definition) is 1. The second-order valence-corrected chi connectivity index (χ2v) is 6.03. The van der Waals surface area contributed by atoms with Gasteiger partial charge in [0.25, 0.3) is 0 Å². The van der Waals surface area contributed by atoms with Crippen LogP contribution in [0.2, 0.25) is 0 Å². The Bertz CT molecular complexity index is 554. The molecule has 2 rings (SSSR count). The van der Waals surface area contributed by atoms with Crippen molar-refractivity contribution in [3.63, 3.8) is 0 Å². The van der Waals surface area contributed by atoms with Crippen LogP contribution in [0.25, 0.3) is 11.3 Å². The summed E-state index contributed by atoms with van der Waals surface area (Å²) in [7, 11) is 0. The molecule has 0 aliphatic carbocycles. The van der Waals surface area contributed by atoms with Gasteiger partial charge in [0.05, 0.1) is 11.4 Å². The number of anilines is 1. The van der Waals surface area contributed by atoms with Crippen molar-refractivity contribution in [2.24, 2.45) is 5.92 Å². The average Bonchev–Trinajstić information content (AvgIpc) is 2.91. The van der Waals surface area contributed by atoms with E-state index in [2.05, 4.69) is 55.4 Å². The molecule has 5 heteroatoms. The van der Waals surface area contributed by atoms with Gasteiger partial charge in [-0.15, -0.1) is 11.3 Å². The lowest BCUT2D eigenvalue weighted by atomic mass is 10.1. The predicted octanol–water partition coefficient (Wildman–Crippen LogP) is 3.71. The molecule has 0 aliphatic heterocycles. The van der Waals surface area contributed by atoms with E-state index in [1.807, 2.05) is 4.68 Å². The van der Waals surface area contributed by atoms with E-state index in [9.17, 15) is 0 Å². The fourth-order valence-corrected chi connectivity index (χ4v) is 2.85. The summed E-state index contributed by atoms with van der Waals surface area (Å²) in [4.78, 5) is 4.68. The lowest BCUT2D eigenvalue weighted by molar-refractivity contribution is 0.634. The van der Waals surface area contributed by atoms with Crippen LogP contribution in [0.5, 0.6) is 0 Å². The maximum absolute atomic E-state index is 4.68. The molecule has 0 spiro atoms. The highest BCUT2D eigenvalue weighted by Crippen LogP contribution is 2.30. The van der Waals surface area contributed by atoms with Crippen LogP contribution in [0.1, 0.15) is 32.2 Å². The van der Waals surface area contributed by atoms with E-state index in [4.69, 9.17) is 0 Å². The van der Waals surface area contributed by atoms with Crippen molar-refractivity contribution in [1.82, 2.24) is 14.8 Å². The van der Waals surface area contributed by atoms with Crippen LogP contribution in [0.3, 0.4) is 0 Å². The molecule has 4 nitrogen and oxygen atoms in total. The van der Waals surface area contributed by atoms with Gasteiger partial charge in [0.15, 0.2) is 5.13 Å². The molecule has 0 saturated carbocycles. The van der Waals surface area contributed by atoms with E-state index in [1.165, 1.54) is 11.3 Å².